The number of hydrogen-bond acceptors (Lipinski definition) is 3. The molecule has 5 heteroatoms. The number of hydrogen-bond donors (Lipinski definition) is 1. The number of aliphatic carboxylic acids is 1. The van der Waals surface area contributed by atoms with Crippen LogP contribution in [0.3, 0.4) is 0 Å². The quantitative estimate of drug-likeness (QED) is 0.837. The van der Waals surface area contributed by atoms with Gasteiger partial charge in [-0.05, 0) is 31.9 Å². The molecule has 0 radical (unpaired) electrons. The van der Waals surface area contributed by atoms with Crippen LogP contribution in [0.25, 0.3) is 0 Å². The number of carboxylic acids is 1. The van der Waals surface area contributed by atoms with E-state index in [1.54, 1.807) is 4.90 Å². The molecule has 1 N–H and O–H groups in total. The standard InChI is InChI=1S/C14H21NO3S/c1-4-6-11-9-12(19-10(11)3)14(18)15(5-2)8-7-13(16)17/h9H,4-8H2,1-3H3,(H,16,17). The molecular weight excluding hydrogens is 262 g/mol. The van der Waals surface area contributed by atoms with E-state index in [9.17, 15) is 9.59 Å². The summed E-state index contributed by atoms with van der Waals surface area (Å²) < 4.78 is 0. The molecule has 0 unspecified atom stereocenters. The third kappa shape index (κ3) is 4.35. The summed E-state index contributed by atoms with van der Waals surface area (Å²) in [5.41, 5.74) is 1.23. The average molecular weight is 283 g/mol. The van der Waals surface area contributed by atoms with E-state index >= 15 is 0 Å². The van der Waals surface area contributed by atoms with Gasteiger partial charge in [-0.25, -0.2) is 0 Å². The molecule has 1 aromatic heterocycles. The minimum absolute atomic E-state index is 0.00818. The monoisotopic (exact) mass is 283 g/mol. The zero-order chi connectivity index (χ0) is 14.4. The molecule has 0 aromatic carbocycles. The predicted octanol–water partition coefficient (Wildman–Crippen LogP) is 2.95. The fourth-order valence-electron chi connectivity index (χ4n) is 1.93. The summed E-state index contributed by atoms with van der Waals surface area (Å²) in [4.78, 5) is 26.4. The second-order valence-corrected chi connectivity index (χ2v) is 5.73. The van der Waals surface area contributed by atoms with Crippen LogP contribution in [-0.4, -0.2) is 35.0 Å². The Morgan fingerprint density at radius 1 is 1.37 bits per heavy atom. The molecule has 106 valence electrons. The third-order valence-electron chi connectivity index (χ3n) is 3.02. The lowest BCUT2D eigenvalue weighted by Gasteiger charge is -2.18. The van der Waals surface area contributed by atoms with E-state index in [4.69, 9.17) is 5.11 Å². The summed E-state index contributed by atoms with van der Waals surface area (Å²) in [6.07, 6.45) is 2.03. The molecular formula is C14H21NO3S. The van der Waals surface area contributed by atoms with Crippen LogP contribution < -0.4 is 0 Å². The Morgan fingerprint density at radius 2 is 2.05 bits per heavy atom. The molecule has 0 saturated heterocycles. The van der Waals surface area contributed by atoms with E-state index in [0.29, 0.717) is 11.4 Å². The maximum atomic E-state index is 12.3. The first-order valence-corrected chi connectivity index (χ1v) is 7.41. The van der Waals surface area contributed by atoms with Crippen LogP contribution in [0, 0.1) is 6.92 Å². The Labute approximate surface area is 118 Å². The van der Waals surface area contributed by atoms with Gasteiger partial charge in [-0.2, -0.15) is 0 Å². The van der Waals surface area contributed by atoms with E-state index in [-0.39, 0.29) is 18.9 Å². The van der Waals surface area contributed by atoms with Crippen LogP contribution >= 0.6 is 11.3 Å². The Morgan fingerprint density at radius 3 is 2.58 bits per heavy atom. The zero-order valence-corrected chi connectivity index (χ0v) is 12.5. The van der Waals surface area contributed by atoms with Crippen LogP contribution in [0.15, 0.2) is 6.07 Å². The highest BCUT2D eigenvalue weighted by Gasteiger charge is 2.18. The van der Waals surface area contributed by atoms with Crippen LogP contribution in [-0.2, 0) is 11.2 Å². The van der Waals surface area contributed by atoms with Gasteiger partial charge in [-0.1, -0.05) is 13.3 Å². The van der Waals surface area contributed by atoms with Gasteiger partial charge in [0.25, 0.3) is 5.91 Å². The minimum atomic E-state index is -0.875. The first kappa shape index (κ1) is 15.7. The molecule has 0 bridgehead atoms. The summed E-state index contributed by atoms with van der Waals surface area (Å²) >= 11 is 1.50. The smallest absolute Gasteiger partial charge is 0.305 e. The molecule has 1 heterocycles. The van der Waals surface area contributed by atoms with E-state index in [0.717, 1.165) is 12.8 Å². The maximum absolute atomic E-state index is 12.3. The van der Waals surface area contributed by atoms with E-state index < -0.39 is 5.97 Å². The molecule has 0 saturated carbocycles. The van der Waals surface area contributed by atoms with Crippen molar-refractivity contribution in [1.82, 2.24) is 4.90 Å². The predicted molar refractivity (Wildman–Crippen MR) is 76.9 cm³/mol. The summed E-state index contributed by atoms with van der Waals surface area (Å²) in [6.45, 7) is 6.81. The van der Waals surface area contributed by atoms with Gasteiger partial charge in [0.05, 0.1) is 11.3 Å². The van der Waals surface area contributed by atoms with Crippen molar-refractivity contribution in [2.45, 2.75) is 40.0 Å². The van der Waals surface area contributed by atoms with Crippen molar-refractivity contribution in [2.24, 2.45) is 0 Å². The van der Waals surface area contributed by atoms with Gasteiger partial charge in [0, 0.05) is 18.0 Å². The van der Waals surface area contributed by atoms with Crippen LogP contribution in [0.2, 0.25) is 0 Å². The molecule has 1 aromatic rings. The minimum Gasteiger partial charge on any atom is -0.481 e. The number of thiophene rings is 1. The first-order chi connectivity index (χ1) is 8.99. The van der Waals surface area contributed by atoms with Crippen molar-refractivity contribution >= 4 is 23.2 Å². The molecule has 0 aliphatic carbocycles. The third-order valence-corrected chi connectivity index (χ3v) is 4.10. The first-order valence-electron chi connectivity index (χ1n) is 6.59. The largest absolute Gasteiger partial charge is 0.481 e. The number of rotatable bonds is 7. The molecule has 1 amide bonds. The lowest BCUT2D eigenvalue weighted by atomic mass is 10.1. The van der Waals surface area contributed by atoms with Crippen molar-refractivity contribution in [2.75, 3.05) is 13.1 Å². The average Bonchev–Trinajstić information content (AvgIpc) is 2.72. The summed E-state index contributed by atoms with van der Waals surface area (Å²) in [5, 5.41) is 8.69. The van der Waals surface area contributed by atoms with Crippen molar-refractivity contribution in [3.05, 3.63) is 21.4 Å². The van der Waals surface area contributed by atoms with Crippen LogP contribution in [0.4, 0.5) is 0 Å². The SMILES string of the molecule is CCCc1cc(C(=O)N(CC)CCC(=O)O)sc1C. The number of nitrogens with zero attached hydrogens (tertiary/aromatic N) is 1. The molecule has 1 rings (SSSR count). The van der Waals surface area contributed by atoms with Crippen LogP contribution in [0.1, 0.15) is 46.8 Å². The van der Waals surface area contributed by atoms with E-state index in [2.05, 4.69) is 6.92 Å². The van der Waals surface area contributed by atoms with E-state index in [1.807, 2.05) is 19.9 Å². The Hall–Kier alpha value is -1.36. The molecule has 0 fully saturated rings. The lowest BCUT2D eigenvalue weighted by Crippen LogP contribution is -2.32. The molecule has 0 atom stereocenters. The molecule has 0 aliphatic heterocycles. The topological polar surface area (TPSA) is 57.6 Å². The fourth-order valence-corrected chi connectivity index (χ4v) is 2.97. The Kier molecular flexibility index (Phi) is 6.02. The Bertz CT molecular complexity index is 454. The van der Waals surface area contributed by atoms with Crippen molar-refractivity contribution in [3.8, 4) is 0 Å². The zero-order valence-electron chi connectivity index (χ0n) is 11.7. The summed E-state index contributed by atoms with van der Waals surface area (Å²) in [5.74, 6) is -0.931. The van der Waals surface area contributed by atoms with Crippen molar-refractivity contribution < 1.29 is 14.7 Å². The maximum Gasteiger partial charge on any atom is 0.305 e. The number of aryl methyl sites for hydroxylation is 2. The normalized spacial score (nSPS) is 10.5. The molecule has 0 spiro atoms. The van der Waals surface area contributed by atoms with Gasteiger partial charge in [0.15, 0.2) is 0 Å². The molecule has 0 aliphatic rings. The number of carbonyl (C=O) groups is 2. The highest BCUT2D eigenvalue weighted by atomic mass is 32.1. The number of carbonyl (C=O) groups excluding carboxylic acids is 1. The highest BCUT2D eigenvalue weighted by molar-refractivity contribution is 7.14. The van der Waals surface area contributed by atoms with Crippen LogP contribution in [0.5, 0.6) is 0 Å². The Balaban J connectivity index is 2.79. The van der Waals surface area contributed by atoms with Gasteiger partial charge in [-0.15, -0.1) is 11.3 Å². The highest BCUT2D eigenvalue weighted by Crippen LogP contribution is 2.24. The van der Waals surface area contributed by atoms with Gasteiger partial charge >= 0.3 is 5.97 Å². The van der Waals surface area contributed by atoms with Gasteiger partial charge in [-0.3, -0.25) is 9.59 Å². The van der Waals surface area contributed by atoms with Crippen molar-refractivity contribution in [3.63, 3.8) is 0 Å². The van der Waals surface area contributed by atoms with E-state index in [1.165, 1.54) is 21.8 Å². The number of carboxylic acid groups (broad SMARTS) is 1. The second kappa shape index (κ2) is 7.28. The van der Waals surface area contributed by atoms with Gasteiger partial charge in [0.2, 0.25) is 0 Å². The molecule has 4 nitrogen and oxygen atoms in total. The molecule has 19 heavy (non-hydrogen) atoms. The summed E-state index contributed by atoms with van der Waals surface area (Å²) in [7, 11) is 0. The van der Waals surface area contributed by atoms with Crippen molar-refractivity contribution in [1.29, 1.82) is 0 Å². The fraction of sp³-hybridized carbons (Fsp3) is 0.571. The lowest BCUT2D eigenvalue weighted by molar-refractivity contribution is -0.137. The second-order valence-electron chi connectivity index (χ2n) is 4.47. The summed E-state index contributed by atoms with van der Waals surface area (Å²) in [6, 6.07) is 1.95. The number of amides is 1. The van der Waals surface area contributed by atoms with Gasteiger partial charge < -0.3 is 10.0 Å². The van der Waals surface area contributed by atoms with Gasteiger partial charge in [0.1, 0.15) is 0 Å².